The van der Waals surface area contributed by atoms with Gasteiger partial charge in [0.15, 0.2) is 5.96 Å². The fraction of sp³-hybridized carbons (Fsp3) is 0.379. The van der Waals surface area contributed by atoms with Crippen molar-refractivity contribution in [2.24, 2.45) is 9.98 Å². The minimum absolute atomic E-state index is 0.225. The molecular weight excluding hydrogens is 521 g/mol. The van der Waals surface area contributed by atoms with Gasteiger partial charge in [0.1, 0.15) is 6.61 Å². The maximum Gasteiger partial charge on any atom is 0.416 e. The fourth-order valence-electron chi connectivity index (χ4n) is 5.28. The zero-order valence-corrected chi connectivity index (χ0v) is 22.0. The van der Waals surface area contributed by atoms with E-state index >= 15 is 0 Å². The van der Waals surface area contributed by atoms with Gasteiger partial charge in [-0.15, -0.1) is 0 Å². The SMILES string of the molecule is CC12C=CC(C(F)(F)F)=CC1N=C(N1CCc3nc(OCC4=CCC=NC4)n(C4=CC=CCC=C4)c(=O)c3C1)N2. The van der Waals surface area contributed by atoms with Crippen LogP contribution >= 0.6 is 0 Å². The predicted octanol–water partition coefficient (Wildman–Crippen LogP) is 3.88. The van der Waals surface area contributed by atoms with Crippen LogP contribution in [-0.4, -0.2) is 64.1 Å². The van der Waals surface area contributed by atoms with Crippen LogP contribution in [0.5, 0.6) is 6.01 Å². The minimum atomic E-state index is -4.44. The van der Waals surface area contributed by atoms with Crippen LogP contribution in [0.15, 0.2) is 80.6 Å². The highest BCUT2D eigenvalue weighted by Crippen LogP contribution is 2.36. The summed E-state index contributed by atoms with van der Waals surface area (Å²) in [6.07, 6.45) is 14.8. The van der Waals surface area contributed by atoms with E-state index in [0.717, 1.165) is 30.6 Å². The van der Waals surface area contributed by atoms with E-state index in [-0.39, 0.29) is 24.7 Å². The number of hydrogen-bond acceptors (Lipinski definition) is 7. The molecule has 5 aliphatic rings. The lowest BCUT2D eigenvalue weighted by Crippen LogP contribution is -2.52. The Bertz CT molecular complexity index is 1520. The number of fused-ring (bicyclic) bond motifs is 2. The summed E-state index contributed by atoms with van der Waals surface area (Å²) in [4.78, 5) is 29.6. The van der Waals surface area contributed by atoms with Gasteiger partial charge in [-0.3, -0.25) is 9.79 Å². The lowest BCUT2D eigenvalue weighted by atomic mass is 9.87. The quantitative estimate of drug-likeness (QED) is 0.576. The van der Waals surface area contributed by atoms with Crippen LogP contribution in [0, 0.1) is 0 Å². The monoisotopic (exact) mass is 550 g/mol. The number of halogens is 3. The number of allylic oxidation sites excluding steroid dienone is 9. The number of rotatable bonds is 4. The number of alkyl halides is 3. The summed E-state index contributed by atoms with van der Waals surface area (Å²) in [5.74, 6) is 0.468. The second-order valence-electron chi connectivity index (χ2n) is 10.5. The first kappa shape index (κ1) is 26.1. The number of dihydropyridines is 1. The number of guanidine groups is 1. The Morgan fingerprint density at radius 3 is 2.90 bits per heavy atom. The highest BCUT2D eigenvalue weighted by molar-refractivity contribution is 5.84. The van der Waals surface area contributed by atoms with E-state index < -0.39 is 23.3 Å². The van der Waals surface area contributed by atoms with E-state index in [1.807, 2.05) is 48.4 Å². The van der Waals surface area contributed by atoms with Crippen LogP contribution in [0.3, 0.4) is 0 Å². The van der Waals surface area contributed by atoms with Crippen molar-refractivity contribution >= 4 is 17.9 Å². The Kier molecular flexibility index (Phi) is 6.59. The van der Waals surface area contributed by atoms with Gasteiger partial charge in [-0.1, -0.05) is 36.5 Å². The summed E-state index contributed by atoms with van der Waals surface area (Å²) in [5.41, 5.74) is 1.09. The van der Waals surface area contributed by atoms with Crippen molar-refractivity contribution in [1.29, 1.82) is 0 Å². The molecule has 0 fully saturated rings. The summed E-state index contributed by atoms with van der Waals surface area (Å²) in [5, 5.41) is 3.29. The molecule has 40 heavy (non-hydrogen) atoms. The largest absolute Gasteiger partial charge is 0.460 e. The molecule has 8 nitrogen and oxygen atoms in total. The molecule has 3 aliphatic heterocycles. The summed E-state index contributed by atoms with van der Waals surface area (Å²) in [6.45, 7) is 3.38. The molecule has 0 saturated heterocycles. The molecule has 11 heteroatoms. The number of aliphatic imine (C=N–C) groups is 2. The standard InChI is InChI=1S/C29H29F3N6O2/c1-28-12-10-20(29(30,31)32)15-24(28)35-26(36-28)37-14-11-23-22(17-37)25(39)38(21-8-4-2-3-5-9-21)27(34-23)40-18-19-7-6-13-33-16-19/h2,4-5,7-10,12-13,15,24H,3,6,11,14,16-18H2,1H3,(H,35,36). The second kappa shape index (κ2) is 10.1. The van der Waals surface area contributed by atoms with E-state index in [2.05, 4.69) is 21.4 Å². The topological polar surface area (TPSA) is 84.1 Å². The van der Waals surface area contributed by atoms with Gasteiger partial charge < -0.3 is 15.0 Å². The van der Waals surface area contributed by atoms with Crippen LogP contribution in [0.4, 0.5) is 13.2 Å². The van der Waals surface area contributed by atoms with Crippen molar-refractivity contribution < 1.29 is 17.9 Å². The Balaban J connectivity index is 1.32. The molecule has 1 N–H and O–H groups in total. The van der Waals surface area contributed by atoms with Crippen LogP contribution in [0.1, 0.15) is 31.0 Å². The number of nitrogens with one attached hydrogen (secondary N) is 1. The predicted molar refractivity (Wildman–Crippen MR) is 147 cm³/mol. The van der Waals surface area contributed by atoms with Crippen LogP contribution in [0.2, 0.25) is 0 Å². The average molecular weight is 551 g/mol. The highest BCUT2D eigenvalue weighted by Gasteiger charge is 2.44. The first-order chi connectivity index (χ1) is 19.2. The lowest BCUT2D eigenvalue weighted by molar-refractivity contribution is -0.0888. The van der Waals surface area contributed by atoms with E-state index in [1.165, 1.54) is 10.6 Å². The molecule has 1 aromatic rings. The van der Waals surface area contributed by atoms with E-state index in [1.54, 1.807) is 0 Å². The van der Waals surface area contributed by atoms with Crippen molar-refractivity contribution in [2.45, 2.75) is 50.5 Å². The van der Waals surface area contributed by atoms with Crippen molar-refractivity contribution in [3.05, 3.63) is 87.4 Å². The van der Waals surface area contributed by atoms with Gasteiger partial charge in [0.25, 0.3) is 5.56 Å². The maximum atomic E-state index is 14.0. The number of nitrogens with zero attached hydrogens (tertiary/aromatic N) is 5. The van der Waals surface area contributed by atoms with Crippen LogP contribution in [-0.2, 0) is 13.0 Å². The molecule has 0 bridgehead atoms. The highest BCUT2D eigenvalue weighted by atomic mass is 19.4. The van der Waals surface area contributed by atoms with Gasteiger partial charge in [0, 0.05) is 25.6 Å². The molecule has 0 radical (unpaired) electrons. The molecule has 4 heterocycles. The third-order valence-electron chi connectivity index (χ3n) is 7.57. The smallest absolute Gasteiger partial charge is 0.416 e. The Morgan fingerprint density at radius 2 is 2.10 bits per heavy atom. The zero-order chi connectivity index (χ0) is 27.9. The van der Waals surface area contributed by atoms with Crippen molar-refractivity contribution in [2.75, 3.05) is 19.7 Å². The van der Waals surface area contributed by atoms with Crippen LogP contribution < -0.4 is 15.6 Å². The summed E-state index contributed by atoms with van der Waals surface area (Å²) < 4.78 is 47.6. The summed E-state index contributed by atoms with van der Waals surface area (Å²) in [6, 6.07) is -0.480. The molecule has 0 amide bonds. The van der Waals surface area contributed by atoms with Gasteiger partial charge in [-0.05, 0) is 37.1 Å². The molecule has 0 aromatic carbocycles. The Morgan fingerprint density at radius 1 is 1.23 bits per heavy atom. The number of hydrogen-bond donors (Lipinski definition) is 1. The zero-order valence-electron chi connectivity index (χ0n) is 22.0. The van der Waals surface area contributed by atoms with Crippen molar-refractivity contribution in [3.8, 4) is 6.01 Å². The third kappa shape index (κ3) is 4.96. The lowest BCUT2D eigenvalue weighted by Gasteiger charge is -2.33. The second-order valence-corrected chi connectivity index (χ2v) is 10.5. The fourth-order valence-corrected chi connectivity index (χ4v) is 5.28. The molecular formula is C29H29F3N6O2. The maximum absolute atomic E-state index is 14.0. The van der Waals surface area contributed by atoms with Gasteiger partial charge in [0.2, 0.25) is 0 Å². The average Bonchev–Trinajstić information content (AvgIpc) is 3.08. The molecule has 2 atom stereocenters. The van der Waals surface area contributed by atoms with Gasteiger partial charge >= 0.3 is 12.2 Å². The number of aromatic nitrogens is 2. The Labute approximate surface area is 229 Å². The summed E-state index contributed by atoms with van der Waals surface area (Å²) in [7, 11) is 0. The van der Waals surface area contributed by atoms with Gasteiger partial charge in [-0.2, -0.15) is 13.2 Å². The minimum Gasteiger partial charge on any atom is -0.460 e. The molecule has 2 aliphatic carbocycles. The van der Waals surface area contributed by atoms with Gasteiger partial charge in [0.05, 0.1) is 47.2 Å². The van der Waals surface area contributed by atoms with Crippen molar-refractivity contribution in [3.63, 3.8) is 0 Å². The Hall–Kier alpha value is -4.15. The third-order valence-corrected chi connectivity index (χ3v) is 7.57. The first-order valence-corrected chi connectivity index (χ1v) is 13.3. The summed E-state index contributed by atoms with van der Waals surface area (Å²) >= 11 is 0. The molecule has 1 aromatic heterocycles. The normalized spacial score (nSPS) is 25.3. The molecule has 208 valence electrons. The van der Waals surface area contributed by atoms with E-state index in [0.29, 0.717) is 42.4 Å². The molecule has 6 rings (SSSR count). The molecule has 0 saturated carbocycles. The first-order valence-electron chi connectivity index (χ1n) is 13.3. The van der Waals surface area contributed by atoms with Crippen LogP contribution in [0.25, 0.3) is 5.70 Å². The van der Waals surface area contributed by atoms with E-state index in [9.17, 15) is 18.0 Å². The number of ether oxygens (including phenoxy) is 1. The molecule has 2 unspecified atom stereocenters. The van der Waals surface area contributed by atoms with Crippen molar-refractivity contribution in [1.82, 2.24) is 19.8 Å². The van der Waals surface area contributed by atoms with Gasteiger partial charge in [-0.25, -0.2) is 14.5 Å². The molecule has 0 spiro atoms. The van der Waals surface area contributed by atoms with E-state index in [4.69, 9.17) is 9.72 Å².